The molecule has 112 valence electrons. The maximum absolute atomic E-state index is 9.45. The van der Waals surface area contributed by atoms with Crippen LogP contribution in [0.25, 0.3) is 0 Å². The number of aliphatic hydroxyl groups is 1. The van der Waals surface area contributed by atoms with Crippen molar-refractivity contribution in [2.45, 2.75) is 45.3 Å². The Morgan fingerprint density at radius 2 is 2.15 bits per heavy atom. The molecule has 1 aromatic rings. The molecule has 1 aromatic heterocycles. The van der Waals surface area contributed by atoms with Crippen LogP contribution in [0.15, 0.2) is 12.1 Å². The van der Waals surface area contributed by atoms with Gasteiger partial charge in [0.15, 0.2) is 0 Å². The van der Waals surface area contributed by atoms with Crippen LogP contribution in [-0.4, -0.2) is 48.2 Å². The van der Waals surface area contributed by atoms with Crippen molar-refractivity contribution in [3.05, 3.63) is 23.4 Å². The van der Waals surface area contributed by atoms with Crippen LogP contribution in [0.5, 0.6) is 0 Å². The Labute approximate surface area is 122 Å². The number of pyridine rings is 1. The largest absolute Gasteiger partial charge is 0.392 e. The number of aromatic nitrogens is 1. The van der Waals surface area contributed by atoms with Crippen LogP contribution in [0.4, 0.5) is 5.82 Å². The maximum atomic E-state index is 9.45. The summed E-state index contributed by atoms with van der Waals surface area (Å²) in [5.41, 5.74) is 2.03. The lowest BCUT2D eigenvalue weighted by Gasteiger charge is -2.37. The first kappa shape index (κ1) is 15.3. The number of hydrogen-bond donors (Lipinski definition) is 1. The van der Waals surface area contributed by atoms with E-state index in [1.165, 1.54) is 12.8 Å². The number of anilines is 1. The summed E-state index contributed by atoms with van der Waals surface area (Å²) in [6.07, 6.45) is 2.45. The van der Waals surface area contributed by atoms with Crippen molar-refractivity contribution in [3.8, 4) is 0 Å². The molecule has 1 atom stereocenters. The van der Waals surface area contributed by atoms with E-state index in [2.05, 4.69) is 37.7 Å². The first-order valence-corrected chi connectivity index (χ1v) is 7.54. The van der Waals surface area contributed by atoms with E-state index in [1.807, 2.05) is 12.1 Å². The molecule has 0 aliphatic carbocycles. The highest BCUT2D eigenvalue weighted by molar-refractivity contribution is 5.44. The number of aliphatic hydroxyl groups excluding tert-OH is 1. The van der Waals surface area contributed by atoms with Gasteiger partial charge in [0.1, 0.15) is 5.82 Å². The fraction of sp³-hybridized carbons (Fsp3) is 0.688. The highest BCUT2D eigenvalue weighted by atomic mass is 16.3. The molecule has 2 heterocycles. The molecule has 4 heteroatoms. The molecule has 0 saturated carbocycles. The highest BCUT2D eigenvalue weighted by Crippen LogP contribution is 2.24. The molecule has 1 unspecified atom stereocenters. The van der Waals surface area contributed by atoms with Gasteiger partial charge in [-0.3, -0.25) is 0 Å². The zero-order valence-corrected chi connectivity index (χ0v) is 13.1. The summed E-state index contributed by atoms with van der Waals surface area (Å²) in [6.45, 7) is 6.45. The number of hydrogen-bond acceptors (Lipinski definition) is 4. The summed E-state index contributed by atoms with van der Waals surface area (Å²) in [4.78, 5) is 9.45. The summed E-state index contributed by atoms with van der Waals surface area (Å²) in [7, 11) is 4.29. The van der Waals surface area contributed by atoms with E-state index in [4.69, 9.17) is 4.98 Å². The Morgan fingerprint density at radius 1 is 1.40 bits per heavy atom. The SMILES string of the molecule is CC(C)c1cc(CO)cc(N2CCCC(N(C)C)C2)n1. The first-order valence-electron chi connectivity index (χ1n) is 7.54. The molecule has 2 rings (SSSR count). The summed E-state index contributed by atoms with van der Waals surface area (Å²) < 4.78 is 0. The second kappa shape index (κ2) is 6.55. The third kappa shape index (κ3) is 3.49. The second-order valence-electron chi connectivity index (χ2n) is 6.28. The third-order valence-corrected chi connectivity index (χ3v) is 4.12. The molecule has 0 bridgehead atoms. The van der Waals surface area contributed by atoms with E-state index in [0.29, 0.717) is 12.0 Å². The second-order valence-corrected chi connectivity index (χ2v) is 6.28. The van der Waals surface area contributed by atoms with Crippen molar-refractivity contribution in [1.82, 2.24) is 9.88 Å². The van der Waals surface area contributed by atoms with E-state index in [9.17, 15) is 5.11 Å². The van der Waals surface area contributed by atoms with E-state index < -0.39 is 0 Å². The minimum absolute atomic E-state index is 0.0835. The standard InChI is InChI=1S/C16H27N3O/c1-12(2)15-8-13(11-20)9-16(17-15)19-7-5-6-14(10-19)18(3)4/h8-9,12,14,20H,5-7,10-11H2,1-4H3. The molecule has 0 spiro atoms. The van der Waals surface area contributed by atoms with Gasteiger partial charge in [-0.05, 0) is 50.6 Å². The third-order valence-electron chi connectivity index (χ3n) is 4.12. The number of piperidine rings is 1. The van der Waals surface area contributed by atoms with Crippen LogP contribution >= 0.6 is 0 Å². The Hall–Kier alpha value is -1.13. The minimum atomic E-state index is 0.0835. The number of rotatable bonds is 4. The monoisotopic (exact) mass is 277 g/mol. The molecule has 4 nitrogen and oxygen atoms in total. The van der Waals surface area contributed by atoms with E-state index in [0.717, 1.165) is 30.2 Å². The van der Waals surface area contributed by atoms with Gasteiger partial charge in [0.25, 0.3) is 0 Å². The Kier molecular flexibility index (Phi) is 5.00. The molecule has 0 radical (unpaired) electrons. The van der Waals surface area contributed by atoms with Gasteiger partial charge in [0.2, 0.25) is 0 Å². The first-order chi connectivity index (χ1) is 9.51. The number of nitrogens with zero attached hydrogens (tertiary/aromatic N) is 3. The fourth-order valence-electron chi connectivity index (χ4n) is 2.73. The van der Waals surface area contributed by atoms with Gasteiger partial charge in [0, 0.05) is 24.8 Å². The Morgan fingerprint density at radius 3 is 2.75 bits per heavy atom. The molecular formula is C16H27N3O. The van der Waals surface area contributed by atoms with Gasteiger partial charge >= 0.3 is 0 Å². The van der Waals surface area contributed by atoms with Crippen molar-refractivity contribution >= 4 is 5.82 Å². The van der Waals surface area contributed by atoms with Crippen molar-refractivity contribution in [2.75, 3.05) is 32.1 Å². The predicted molar refractivity (Wildman–Crippen MR) is 83.2 cm³/mol. The van der Waals surface area contributed by atoms with Gasteiger partial charge in [-0.15, -0.1) is 0 Å². The molecule has 0 aromatic carbocycles. The maximum Gasteiger partial charge on any atom is 0.129 e. The van der Waals surface area contributed by atoms with Crippen LogP contribution in [0.3, 0.4) is 0 Å². The van der Waals surface area contributed by atoms with Crippen LogP contribution in [0.1, 0.15) is 43.9 Å². The summed E-state index contributed by atoms with van der Waals surface area (Å²) >= 11 is 0. The van der Waals surface area contributed by atoms with Crippen molar-refractivity contribution in [3.63, 3.8) is 0 Å². The van der Waals surface area contributed by atoms with Crippen LogP contribution in [-0.2, 0) is 6.61 Å². The zero-order chi connectivity index (χ0) is 14.7. The van der Waals surface area contributed by atoms with Crippen LogP contribution < -0.4 is 4.90 Å². The van der Waals surface area contributed by atoms with Crippen molar-refractivity contribution < 1.29 is 5.11 Å². The van der Waals surface area contributed by atoms with Gasteiger partial charge in [-0.2, -0.15) is 0 Å². The van der Waals surface area contributed by atoms with Crippen LogP contribution in [0.2, 0.25) is 0 Å². The van der Waals surface area contributed by atoms with Crippen molar-refractivity contribution in [1.29, 1.82) is 0 Å². The van der Waals surface area contributed by atoms with Gasteiger partial charge < -0.3 is 14.9 Å². The highest BCUT2D eigenvalue weighted by Gasteiger charge is 2.23. The molecule has 1 saturated heterocycles. The van der Waals surface area contributed by atoms with Gasteiger partial charge in [-0.25, -0.2) is 4.98 Å². The Balaban J connectivity index is 2.24. The fourth-order valence-corrected chi connectivity index (χ4v) is 2.73. The Bertz CT molecular complexity index is 445. The minimum Gasteiger partial charge on any atom is -0.392 e. The van der Waals surface area contributed by atoms with Gasteiger partial charge in [0.05, 0.1) is 6.61 Å². The lowest BCUT2D eigenvalue weighted by atomic mass is 10.0. The van der Waals surface area contributed by atoms with E-state index in [1.54, 1.807) is 0 Å². The molecule has 1 fully saturated rings. The molecule has 20 heavy (non-hydrogen) atoms. The lowest BCUT2D eigenvalue weighted by Crippen LogP contribution is -2.45. The quantitative estimate of drug-likeness (QED) is 0.916. The molecule has 0 amide bonds. The van der Waals surface area contributed by atoms with Crippen LogP contribution in [0, 0.1) is 0 Å². The normalized spacial score (nSPS) is 19.9. The van der Waals surface area contributed by atoms with E-state index in [-0.39, 0.29) is 6.61 Å². The summed E-state index contributed by atoms with van der Waals surface area (Å²) in [5, 5.41) is 9.45. The van der Waals surface area contributed by atoms with Gasteiger partial charge in [-0.1, -0.05) is 13.8 Å². The van der Waals surface area contributed by atoms with E-state index >= 15 is 0 Å². The number of likely N-dealkylation sites (N-methyl/N-ethyl adjacent to an activating group) is 1. The molecule has 1 N–H and O–H groups in total. The molecule has 1 aliphatic heterocycles. The topological polar surface area (TPSA) is 39.6 Å². The average molecular weight is 277 g/mol. The summed E-state index contributed by atoms with van der Waals surface area (Å²) in [5.74, 6) is 1.40. The lowest BCUT2D eigenvalue weighted by molar-refractivity contribution is 0.257. The summed E-state index contributed by atoms with van der Waals surface area (Å²) in [6, 6.07) is 4.64. The smallest absolute Gasteiger partial charge is 0.129 e. The predicted octanol–water partition coefficient (Wildman–Crippen LogP) is 2.23. The van der Waals surface area contributed by atoms with Crippen molar-refractivity contribution in [2.24, 2.45) is 0 Å². The molecular weight excluding hydrogens is 250 g/mol. The zero-order valence-electron chi connectivity index (χ0n) is 13.1. The average Bonchev–Trinajstić information content (AvgIpc) is 2.46. The molecule has 1 aliphatic rings.